The van der Waals surface area contributed by atoms with Crippen molar-refractivity contribution in [3.05, 3.63) is 106 Å². The molecule has 1 aliphatic heterocycles. The van der Waals surface area contributed by atoms with Crippen LogP contribution in [0.4, 0.5) is 25.8 Å². The van der Waals surface area contributed by atoms with Crippen LogP contribution in [0.25, 0.3) is 5.57 Å². The predicted octanol–water partition coefficient (Wildman–Crippen LogP) is 4.29. The van der Waals surface area contributed by atoms with Crippen molar-refractivity contribution in [3.8, 4) is 0 Å². The molecule has 160 valence electrons. The Morgan fingerprint density at radius 3 is 2.16 bits per heavy atom. The number of para-hydroxylation sites is 1. The molecule has 0 unspecified atom stereocenters. The van der Waals surface area contributed by atoms with Crippen molar-refractivity contribution >= 4 is 34.4 Å². The number of carbonyl (C=O) groups excluding carboxylic acids is 2. The number of likely N-dealkylation sites (N-methyl/N-ethyl adjacent to an activating group) is 1. The van der Waals surface area contributed by atoms with Gasteiger partial charge >= 0.3 is 0 Å². The Bertz CT molecular complexity index is 1270. The van der Waals surface area contributed by atoms with Crippen LogP contribution >= 0.6 is 0 Å². The van der Waals surface area contributed by atoms with E-state index in [4.69, 9.17) is 0 Å². The molecule has 3 aromatic carbocycles. The van der Waals surface area contributed by atoms with Gasteiger partial charge in [-0.1, -0.05) is 18.2 Å². The average Bonchev–Trinajstić information content (AvgIpc) is 3.04. The summed E-state index contributed by atoms with van der Waals surface area (Å²) >= 11 is 0. The topological polar surface area (TPSA) is 83.8 Å². The zero-order chi connectivity index (χ0) is 23.0. The summed E-state index contributed by atoms with van der Waals surface area (Å²) in [5.74, 6) is -3.55. The van der Waals surface area contributed by atoms with Gasteiger partial charge in [0.25, 0.3) is 17.5 Å². The number of carbonyl (C=O) groups is 2. The van der Waals surface area contributed by atoms with Crippen LogP contribution < -0.4 is 9.80 Å². The minimum absolute atomic E-state index is 0.0428. The quantitative estimate of drug-likeness (QED) is 0.339. The number of non-ortho nitro benzene ring substituents is 1. The van der Waals surface area contributed by atoms with Gasteiger partial charge in [0.05, 0.1) is 16.2 Å². The summed E-state index contributed by atoms with van der Waals surface area (Å²) in [7, 11) is 1.58. The van der Waals surface area contributed by atoms with Gasteiger partial charge in [-0.25, -0.2) is 13.7 Å². The van der Waals surface area contributed by atoms with E-state index in [0.29, 0.717) is 16.7 Å². The molecule has 0 aliphatic carbocycles. The number of halogens is 2. The molecule has 0 bridgehead atoms. The first-order valence-corrected chi connectivity index (χ1v) is 9.41. The molecule has 0 spiro atoms. The van der Waals surface area contributed by atoms with E-state index < -0.39 is 34.1 Å². The van der Waals surface area contributed by atoms with Crippen LogP contribution in [0.5, 0.6) is 0 Å². The smallest absolute Gasteiger partial charge is 0.282 e. The lowest BCUT2D eigenvalue weighted by molar-refractivity contribution is -0.384. The molecule has 1 aliphatic rings. The van der Waals surface area contributed by atoms with Crippen LogP contribution in [0, 0.1) is 21.7 Å². The predicted molar refractivity (Wildman–Crippen MR) is 114 cm³/mol. The Balaban J connectivity index is 1.88. The fraction of sp³-hybridized carbons (Fsp3) is 0.0435. The molecule has 32 heavy (non-hydrogen) atoms. The molecule has 0 atom stereocenters. The fourth-order valence-corrected chi connectivity index (χ4v) is 3.50. The molecule has 7 nitrogen and oxygen atoms in total. The zero-order valence-corrected chi connectivity index (χ0v) is 16.7. The summed E-state index contributed by atoms with van der Waals surface area (Å²) in [6, 6.07) is 16.4. The zero-order valence-electron chi connectivity index (χ0n) is 16.7. The lowest BCUT2D eigenvalue weighted by Gasteiger charge is -2.21. The third-order valence-corrected chi connectivity index (χ3v) is 5.06. The molecule has 0 saturated carbocycles. The Labute approximate surface area is 181 Å². The number of nitro groups is 1. The first kappa shape index (κ1) is 20.9. The number of nitro benzene ring substituents is 1. The van der Waals surface area contributed by atoms with Crippen molar-refractivity contribution in [2.24, 2.45) is 0 Å². The Kier molecular flexibility index (Phi) is 5.23. The maximum Gasteiger partial charge on any atom is 0.282 e. The van der Waals surface area contributed by atoms with Crippen LogP contribution in [0.2, 0.25) is 0 Å². The highest BCUT2D eigenvalue weighted by molar-refractivity contribution is 6.46. The maximum atomic E-state index is 14.5. The number of amides is 2. The summed E-state index contributed by atoms with van der Waals surface area (Å²) in [6.45, 7) is 0. The molecule has 1 heterocycles. The minimum atomic E-state index is -1.07. The Morgan fingerprint density at radius 2 is 1.56 bits per heavy atom. The van der Waals surface area contributed by atoms with E-state index in [9.17, 15) is 28.5 Å². The van der Waals surface area contributed by atoms with E-state index in [-0.39, 0.29) is 22.5 Å². The molecule has 0 saturated heterocycles. The van der Waals surface area contributed by atoms with Crippen molar-refractivity contribution in [3.63, 3.8) is 0 Å². The van der Waals surface area contributed by atoms with Crippen LogP contribution in [-0.2, 0) is 9.59 Å². The first-order chi connectivity index (χ1) is 15.3. The third kappa shape index (κ3) is 3.49. The van der Waals surface area contributed by atoms with Gasteiger partial charge in [0, 0.05) is 30.9 Å². The van der Waals surface area contributed by atoms with Gasteiger partial charge in [-0.3, -0.25) is 19.7 Å². The molecule has 4 rings (SSSR count). The van der Waals surface area contributed by atoms with E-state index in [1.807, 2.05) is 0 Å². The molecule has 2 amide bonds. The van der Waals surface area contributed by atoms with Gasteiger partial charge < -0.3 is 4.90 Å². The van der Waals surface area contributed by atoms with Gasteiger partial charge in [-0.2, -0.15) is 0 Å². The van der Waals surface area contributed by atoms with Gasteiger partial charge in [0.1, 0.15) is 17.3 Å². The van der Waals surface area contributed by atoms with E-state index in [2.05, 4.69) is 0 Å². The van der Waals surface area contributed by atoms with Crippen molar-refractivity contribution < 1.29 is 23.3 Å². The van der Waals surface area contributed by atoms with Crippen molar-refractivity contribution in [2.45, 2.75) is 0 Å². The maximum absolute atomic E-state index is 14.5. The van der Waals surface area contributed by atoms with E-state index in [1.54, 1.807) is 37.4 Å². The monoisotopic (exact) mass is 435 g/mol. The Hall–Kier alpha value is -4.40. The summed E-state index contributed by atoms with van der Waals surface area (Å²) in [5.41, 5.74) is 0.155. The van der Waals surface area contributed by atoms with Crippen molar-refractivity contribution in [1.82, 2.24) is 0 Å². The highest BCUT2D eigenvalue weighted by Gasteiger charge is 2.43. The van der Waals surface area contributed by atoms with Gasteiger partial charge in [-0.15, -0.1) is 0 Å². The molecule has 0 radical (unpaired) electrons. The first-order valence-electron chi connectivity index (χ1n) is 9.41. The molecule has 0 N–H and O–H groups in total. The molecular weight excluding hydrogens is 420 g/mol. The second-order valence-corrected chi connectivity index (χ2v) is 6.96. The number of benzene rings is 3. The van der Waals surface area contributed by atoms with Crippen molar-refractivity contribution in [1.29, 1.82) is 0 Å². The van der Waals surface area contributed by atoms with Crippen molar-refractivity contribution in [2.75, 3.05) is 16.8 Å². The number of imide groups is 1. The summed E-state index contributed by atoms with van der Waals surface area (Å²) in [6.07, 6.45) is 0. The van der Waals surface area contributed by atoms with Gasteiger partial charge in [-0.05, 0) is 42.0 Å². The Morgan fingerprint density at radius 1 is 0.906 bits per heavy atom. The highest BCUT2D eigenvalue weighted by Crippen LogP contribution is 2.37. The number of hydrogen-bond donors (Lipinski definition) is 0. The normalized spacial score (nSPS) is 13.7. The second kappa shape index (κ2) is 8.03. The number of rotatable bonds is 5. The van der Waals surface area contributed by atoms with Crippen LogP contribution in [0.3, 0.4) is 0 Å². The number of anilines is 2. The molecular formula is C23H15F2N3O4. The fourth-order valence-electron chi connectivity index (χ4n) is 3.50. The lowest BCUT2D eigenvalue weighted by atomic mass is 10.0. The van der Waals surface area contributed by atoms with Gasteiger partial charge in [0.15, 0.2) is 0 Å². The second-order valence-electron chi connectivity index (χ2n) is 6.96. The van der Waals surface area contributed by atoms with Gasteiger partial charge in [0.2, 0.25) is 0 Å². The molecule has 0 fully saturated rings. The standard InChI is InChI=1S/C23H15F2N3O4/c1-26(16-5-3-2-4-6-16)21-20(14-7-10-17(11-8-14)28(31)32)22(29)27(23(21)30)19-12-9-15(24)13-18(19)25/h2-13H,1H3. The molecule has 9 heteroatoms. The summed E-state index contributed by atoms with van der Waals surface area (Å²) in [4.78, 5) is 39.2. The lowest BCUT2D eigenvalue weighted by Crippen LogP contribution is -2.34. The van der Waals surface area contributed by atoms with E-state index >= 15 is 0 Å². The van der Waals surface area contributed by atoms with E-state index in [0.717, 1.165) is 12.1 Å². The largest absolute Gasteiger partial charge is 0.339 e. The summed E-state index contributed by atoms with van der Waals surface area (Å²) in [5, 5.41) is 11.0. The molecule has 0 aromatic heterocycles. The third-order valence-electron chi connectivity index (χ3n) is 5.06. The van der Waals surface area contributed by atoms with Crippen LogP contribution in [0.1, 0.15) is 5.56 Å². The number of nitrogens with zero attached hydrogens (tertiary/aromatic N) is 3. The average molecular weight is 435 g/mol. The van der Waals surface area contributed by atoms with Crippen LogP contribution in [0.15, 0.2) is 78.5 Å². The van der Waals surface area contributed by atoms with Crippen LogP contribution in [-0.4, -0.2) is 23.8 Å². The highest BCUT2D eigenvalue weighted by atomic mass is 19.1. The van der Waals surface area contributed by atoms with E-state index in [1.165, 1.54) is 29.2 Å². The SMILES string of the molecule is CN(C1=C(c2ccc([N+](=O)[O-])cc2)C(=O)N(c2ccc(F)cc2F)C1=O)c1ccccc1. The summed E-state index contributed by atoms with van der Waals surface area (Å²) < 4.78 is 27.9. The minimum Gasteiger partial charge on any atom is -0.339 e. The molecule has 3 aromatic rings. The number of hydrogen-bond acceptors (Lipinski definition) is 5.